The summed E-state index contributed by atoms with van der Waals surface area (Å²) in [6, 6.07) is 3.86. The van der Waals surface area contributed by atoms with Crippen LogP contribution in [0.5, 0.6) is 5.75 Å². The molecule has 0 saturated carbocycles. The number of benzene rings is 1. The summed E-state index contributed by atoms with van der Waals surface area (Å²) in [6.07, 6.45) is 1.46. The van der Waals surface area contributed by atoms with Crippen molar-refractivity contribution in [2.24, 2.45) is 7.05 Å². The molecule has 0 bridgehead atoms. The van der Waals surface area contributed by atoms with Gasteiger partial charge in [0, 0.05) is 49.4 Å². The maximum absolute atomic E-state index is 13.6. The van der Waals surface area contributed by atoms with Crippen molar-refractivity contribution in [3.05, 3.63) is 41.0 Å². The maximum Gasteiger partial charge on any atom is 0.319 e. The topological polar surface area (TPSA) is 77.4 Å². The second kappa shape index (κ2) is 7.52. The number of nitrogens with one attached hydrogen (secondary N) is 2. The lowest BCUT2D eigenvalue weighted by atomic mass is 10.1. The molecule has 2 amide bonds. The monoisotopic (exact) mass is 348 g/mol. The predicted molar refractivity (Wildman–Crippen MR) is 90.2 cm³/mol. The Bertz CT molecular complexity index is 775. The van der Waals surface area contributed by atoms with Gasteiger partial charge in [0.2, 0.25) is 0 Å². The zero-order valence-corrected chi connectivity index (χ0v) is 14.3. The van der Waals surface area contributed by atoms with Crippen LogP contribution in [0.15, 0.2) is 18.2 Å². The third-order valence-corrected chi connectivity index (χ3v) is 4.14. The Labute approximate surface area is 145 Å². The van der Waals surface area contributed by atoms with E-state index < -0.39 is 11.8 Å². The number of amides is 2. The first-order chi connectivity index (χ1) is 12.1. The summed E-state index contributed by atoms with van der Waals surface area (Å²) in [5.74, 6) is -0.395. The molecule has 0 saturated heterocycles. The van der Waals surface area contributed by atoms with Crippen molar-refractivity contribution in [2.45, 2.75) is 19.4 Å². The molecule has 2 heterocycles. The first-order valence-corrected chi connectivity index (χ1v) is 8.08. The Morgan fingerprint density at radius 2 is 2.32 bits per heavy atom. The molecule has 0 aliphatic carbocycles. The van der Waals surface area contributed by atoms with Gasteiger partial charge in [-0.2, -0.15) is 5.10 Å². The Hall–Kier alpha value is -2.61. The SMILES string of the molecule is COc1ccc(NC(=O)NCCc2nn(C)c3c2COCC3)cc1F. The van der Waals surface area contributed by atoms with Crippen molar-refractivity contribution >= 4 is 11.7 Å². The van der Waals surface area contributed by atoms with Crippen molar-refractivity contribution < 1.29 is 18.7 Å². The number of anilines is 1. The van der Waals surface area contributed by atoms with Crippen LogP contribution >= 0.6 is 0 Å². The highest BCUT2D eigenvalue weighted by Crippen LogP contribution is 2.21. The number of ether oxygens (including phenoxy) is 2. The number of hydrogen-bond donors (Lipinski definition) is 2. The molecule has 8 heteroatoms. The van der Waals surface area contributed by atoms with Gasteiger partial charge >= 0.3 is 6.03 Å². The van der Waals surface area contributed by atoms with Crippen LogP contribution in [-0.2, 0) is 31.2 Å². The molecule has 1 aromatic carbocycles. The summed E-state index contributed by atoms with van der Waals surface area (Å²) in [5, 5.41) is 9.85. The summed E-state index contributed by atoms with van der Waals surface area (Å²) in [5.41, 5.74) is 3.61. The Kier molecular flexibility index (Phi) is 5.18. The molecule has 1 aromatic heterocycles. The summed E-state index contributed by atoms with van der Waals surface area (Å²) >= 11 is 0. The molecule has 1 aliphatic heterocycles. The molecule has 2 N–H and O–H groups in total. The van der Waals surface area contributed by atoms with E-state index in [-0.39, 0.29) is 5.75 Å². The largest absolute Gasteiger partial charge is 0.494 e. The van der Waals surface area contributed by atoms with Crippen LogP contribution in [0.2, 0.25) is 0 Å². The molecule has 0 radical (unpaired) electrons. The first kappa shape index (κ1) is 17.2. The van der Waals surface area contributed by atoms with Gasteiger partial charge in [0.05, 0.1) is 26.0 Å². The first-order valence-electron chi connectivity index (χ1n) is 8.08. The molecule has 0 spiro atoms. The van der Waals surface area contributed by atoms with Crippen molar-refractivity contribution in [1.29, 1.82) is 0 Å². The van der Waals surface area contributed by atoms with E-state index in [0.717, 1.165) is 17.7 Å². The lowest BCUT2D eigenvalue weighted by Crippen LogP contribution is -2.30. The van der Waals surface area contributed by atoms with Crippen LogP contribution < -0.4 is 15.4 Å². The number of rotatable bonds is 5. The van der Waals surface area contributed by atoms with E-state index in [9.17, 15) is 9.18 Å². The van der Waals surface area contributed by atoms with Crippen molar-refractivity contribution in [3.8, 4) is 5.75 Å². The van der Waals surface area contributed by atoms with Gasteiger partial charge < -0.3 is 20.1 Å². The minimum atomic E-state index is -0.527. The number of hydrogen-bond acceptors (Lipinski definition) is 4. The maximum atomic E-state index is 13.6. The van der Waals surface area contributed by atoms with E-state index >= 15 is 0 Å². The smallest absolute Gasteiger partial charge is 0.319 e. The highest BCUT2D eigenvalue weighted by Gasteiger charge is 2.19. The predicted octanol–water partition coefficient (Wildman–Crippen LogP) is 2.00. The zero-order valence-electron chi connectivity index (χ0n) is 14.3. The van der Waals surface area contributed by atoms with Gasteiger partial charge in [-0.25, -0.2) is 9.18 Å². The van der Waals surface area contributed by atoms with Crippen LogP contribution in [0.3, 0.4) is 0 Å². The lowest BCUT2D eigenvalue weighted by Gasteiger charge is -2.13. The number of halogens is 1. The van der Waals surface area contributed by atoms with Gasteiger partial charge in [-0.3, -0.25) is 4.68 Å². The molecule has 3 rings (SSSR count). The van der Waals surface area contributed by atoms with Gasteiger partial charge in [-0.1, -0.05) is 0 Å². The van der Waals surface area contributed by atoms with E-state index in [0.29, 0.717) is 31.9 Å². The minimum absolute atomic E-state index is 0.133. The number of methoxy groups -OCH3 is 1. The molecule has 1 aliphatic rings. The average molecular weight is 348 g/mol. The Balaban J connectivity index is 1.52. The molecule has 0 fully saturated rings. The van der Waals surface area contributed by atoms with Crippen LogP contribution in [0.4, 0.5) is 14.9 Å². The zero-order chi connectivity index (χ0) is 17.8. The van der Waals surface area contributed by atoms with E-state index in [1.54, 1.807) is 6.07 Å². The Morgan fingerprint density at radius 3 is 3.08 bits per heavy atom. The van der Waals surface area contributed by atoms with E-state index in [1.165, 1.54) is 24.9 Å². The van der Waals surface area contributed by atoms with Gasteiger partial charge in [0.25, 0.3) is 0 Å². The van der Waals surface area contributed by atoms with Gasteiger partial charge in [-0.05, 0) is 12.1 Å². The molecule has 0 atom stereocenters. The Morgan fingerprint density at radius 1 is 1.48 bits per heavy atom. The number of aryl methyl sites for hydroxylation is 1. The molecule has 25 heavy (non-hydrogen) atoms. The standard InChI is InChI=1S/C17H21FN4O3/c1-22-15-6-8-25-10-12(15)14(21-22)5-7-19-17(23)20-11-3-4-16(24-2)13(18)9-11/h3-4,9H,5-8,10H2,1-2H3,(H2,19,20,23). The number of carbonyl (C=O) groups is 1. The second-order valence-electron chi connectivity index (χ2n) is 5.78. The fraction of sp³-hybridized carbons (Fsp3) is 0.412. The number of aromatic nitrogens is 2. The summed E-state index contributed by atoms with van der Waals surface area (Å²) in [4.78, 5) is 11.9. The fourth-order valence-corrected chi connectivity index (χ4v) is 2.90. The lowest BCUT2D eigenvalue weighted by molar-refractivity contribution is 0.108. The summed E-state index contributed by atoms with van der Waals surface area (Å²) in [6.45, 7) is 1.70. The van der Waals surface area contributed by atoms with Gasteiger partial charge in [0.15, 0.2) is 11.6 Å². The van der Waals surface area contributed by atoms with Crippen molar-refractivity contribution in [2.75, 3.05) is 25.6 Å². The molecular formula is C17H21FN4O3. The van der Waals surface area contributed by atoms with Crippen molar-refractivity contribution in [1.82, 2.24) is 15.1 Å². The minimum Gasteiger partial charge on any atom is -0.494 e. The quantitative estimate of drug-likeness (QED) is 0.866. The number of nitrogens with zero attached hydrogens (tertiary/aromatic N) is 2. The number of carbonyl (C=O) groups excluding carboxylic acids is 1. The van der Waals surface area contributed by atoms with Crippen LogP contribution in [0.1, 0.15) is 17.0 Å². The second-order valence-corrected chi connectivity index (χ2v) is 5.78. The molecular weight excluding hydrogens is 327 g/mol. The normalized spacial score (nSPS) is 13.2. The third-order valence-electron chi connectivity index (χ3n) is 4.14. The van der Waals surface area contributed by atoms with Crippen LogP contribution in [-0.4, -0.2) is 36.1 Å². The number of urea groups is 1. The molecule has 2 aromatic rings. The number of fused-ring (bicyclic) bond motifs is 1. The van der Waals surface area contributed by atoms with E-state index in [1.807, 2.05) is 11.7 Å². The average Bonchev–Trinajstić information content (AvgIpc) is 2.92. The van der Waals surface area contributed by atoms with E-state index in [2.05, 4.69) is 15.7 Å². The third kappa shape index (κ3) is 3.90. The van der Waals surface area contributed by atoms with E-state index in [4.69, 9.17) is 9.47 Å². The van der Waals surface area contributed by atoms with Gasteiger partial charge in [-0.15, -0.1) is 0 Å². The van der Waals surface area contributed by atoms with Gasteiger partial charge in [0.1, 0.15) is 0 Å². The van der Waals surface area contributed by atoms with Crippen molar-refractivity contribution in [3.63, 3.8) is 0 Å². The molecule has 7 nitrogen and oxygen atoms in total. The highest BCUT2D eigenvalue weighted by atomic mass is 19.1. The molecule has 134 valence electrons. The molecule has 0 unspecified atom stereocenters. The highest BCUT2D eigenvalue weighted by molar-refractivity contribution is 5.89. The summed E-state index contributed by atoms with van der Waals surface area (Å²) < 4.78 is 25.8. The summed E-state index contributed by atoms with van der Waals surface area (Å²) in [7, 11) is 3.31. The fourth-order valence-electron chi connectivity index (χ4n) is 2.90. The van der Waals surface area contributed by atoms with Crippen LogP contribution in [0.25, 0.3) is 0 Å². The van der Waals surface area contributed by atoms with Crippen LogP contribution in [0, 0.1) is 5.82 Å².